The number of carbonyl (C=O) groups is 1. The average molecular weight is 268 g/mol. The van der Waals surface area contributed by atoms with Gasteiger partial charge in [-0.25, -0.2) is 4.98 Å². The van der Waals surface area contributed by atoms with Crippen LogP contribution in [0.1, 0.15) is 11.1 Å². The van der Waals surface area contributed by atoms with Gasteiger partial charge in [0.05, 0.1) is 5.92 Å². The normalized spacial score (nSPS) is 16.9. The molecular formula is C16H16N2O2. The van der Waals surface area contributed by atoms with Crippen LogP contribution < -0.4 is 10.1 Å². The smallest absolute Gasteiger partial charge is 0.232 e. The number of para-hydroxylation sites is 1. The van der Waals surface area contributed by atoms with Crippen molar-refractivity contribution in [3.05, 3.63) is 53.7 Å². The number of amides is 1. The molecule has 1 atom stereocenters. The first-order valence-electron chi connectivity index (χ1n) is 6.66. The Morgan fingerprint density at radius 1 is 1.30 bits per heavy atom. The van der Waals surface area contributed by atoms with E-state index in [-0.39, 0.29) is 11.8 Å². The zero-order valence-electron chi connectivity index (χ0n) is 11.3. The Morgan fingerprint density at radius 2 is 2.15 bits per heavy atom. The maximum absolute atomic E-state index is 12.2. The third kappa shape index (κ3) is 2.64. The predicted molar refractivity (Wildman–Crippen MR) is 76.7 cm³/mol. The van der Waals surface area contributed by atoms with E-state index in [1.165, 1.54) is 0 Å². The summed E-state index contributed by atoms with van der Waals surface area (Å²) in [5.74, 6) is 1.24. The highest BCUT2D eigenvalue weighted by molar-refractivity contribution is 5.92. The van der Waals surface area contributed by atoms with Crippen molar-refractivity contribution < 1.29 is 9.53 Å². The number of hydrogen-bond acceptors (Lipinski definition) is 3. The number of nitrogens with one attached hydrogen (secondary N) is 1. The maximum atomic E-state index is 12.2. The molecule has 1 aliphatic rings. The van der Waals surface area contributed by atoms with E-state index in [1.807, 2.05) is 43.3 Å². The van der Waals surface area contributed by atoms with Gasteiger partial charge in [0, 0.05) is 6.20 Å². The summed E-state index contributed by atoms with van der Waals surface area (Å²) in [7, 11) is 0. The number of aromatic nitrogens is 1. The maximum Gasteiger partial charge on any atom is 0.232 e. The summed E-state index contributed by atoms with van der Waals surface area (Å²) in [6, 6.07) is 11.6. The first kappa shape index (κ1) is 12.7. The molecule has 1 aliphatic heterocycles. The molecule has 0 fully saturated rings. The number of ether oxygens (including phenoxy) is 1. The molecule has 2 heterocycles. The van der Waals surface area contributed by atoms with E-state index in [1.54, 1.807) is 6.20 Å². The quantitative estimate of drug-likeness (QED) is 0.910. The van der Waals surface area contributed by atoms with Crippen LogP contribution in [0.3, 0.4) is 0 Å². The number of benzene rings is 1. The fraction of sp³-hybridized carbons (Fsp3) is 0.250. The molecule has 4 heteroatoms. The highest BCUT2D eigenvalue weighted by atomic mass is 16.5. The number of carbonyl (C=O) groups excluding carboxylic acids is 1. The van der Waals surface area contributed by atoms with Crippen molar-refractivity contribution in [2.45, 2.75) is 13.3 Å². The van der Waals surface area contributed by atoms with Gasteiger partial charge < -0.3 is 10.1 Å². The SMILES string of the molecule is Cc1ccc(NC(=O)[C@H]2COc3ccccc3C2)nc1. The molecular weight excluding hydrogens is 252 g/mol. The third-order valence-electron chi connectivity index (χ3n) is 3.41. The predicted octanol–water partition coefficient (Wildman–Crippen LogP) is 2.58. The van der Waals surface area contributed by atoms with Crippen LogP contribution in [0.25, 0.3) is 0 Å². The van der Waals surface area contributed by atoms with Gasteiger partial charge in [0.2, 0.25) is 5.91 Å². The summed E-state index contributed by atoms with van der Waals surface area (Å²) in [4.78, 5) is 16.4. The van der Waals surface area contributed by atoms with Crippen molar-refractivity contribution in [2.75, 3.05) is 11.9 Å². The van der Waals surface area contributed by atoms with Gasteiger partial charge in [0.25, 0.3) is 0 Å². The van der Waals surface area contributed by atoms with E-state index in [2.05, 4.69) is 10.3 Å². The second kappa shape index (κ2) is 5.33. The summed E-state index contributed by atoms with van der Waals surface area (Å²) in [5, 5.41) is 2.84. The van der Waals surface area contributed by atoms with E-state index in [9.17, 15) is 4.79 Å². The van der Waals surface area contributed by atoms with Crippen molar-refractivity contribution in [3.8, 4) is 5.75 Å². The van der Waals surface area contributed by atoms with Crippen LogP contribution in [0, 0.1) is 12.8 Å². The van der Waals surface area contributed by atoms with Gasteiger partial charge in [0.1, 0.15) is 18.2 Å². The first-order chi connectivity index (χ1) is 9.72. The average Bonchev–Trinajstić information content (AvgIpc) is 2.49. The summed E-state index contributed by atoms with van der Waals surface area (Å²) >= 11 is 0. The third-order valence-corrected chi connectivity index (χ3v) is 3.41. The molecule has 0 bridgehead atoms. The molecule has 0 saturated carbocycles. The number of anilines is 1. The Balaban J connectivity index is 1.68. The molecule has 0 spiro atoms. The molecule has 102 valence electrons. The highest BCUT2D eigenvalue weighted by Crippen LogP contribution is 2.27. The summed E-state index contributed by atoms with van der Waals surface area (Å²) in [5.41, 5.74) is 2.15. The van der Waals surface area contributed by atoms with Crippen molar-refractivity contribution in [2.24, 2.45) is 5.92 Å². The van der Waals surface area contributed by atoms with Gasteiger partial charge >= 0.3 is 0 Å². The van der Waals surface area contributed by atoms with Crippen LogP contribution in [0.5, 0.6) is 5.75 Å². The molecule has 0 radical (unpaired) electrons. The Hall–Kier alpha value is -2.36. The van der Waals surface area contributed by atoms with Crippen molar-refractivity contribution in [1.82, 2.24) is 4.98 Å². The second-order valence-electron chi connectivity index (χ2n) is 5.03. The van der Waals surface area contributed by atoms with E-state index in [0.717, 1.165) is 16.9 Å². The monoisotopic (exact) mass is 268 g/mol. The van der Waals surface area contributed by atoms with Gasteiger partial charge in [-0.3, -0.25) is 4.79 Å². The van der Waals surface area contributed by atoms with Gasteiger partial charge in [-0.2, -0.15) is 0 Å². The minimum absolute atomic E-state index is 0.0455. The number of hydrogen-bond donors (Lipinski definition) is 1. The molecule has 1 amide bonds. The molecule has 3 rings (SSSR count). The Kier molecular flexibility index (Phi) is 3.37. The first-order valence-corrected chi connectivity index (χ1v) is 6.66. The standard InChI is InChI=1S/C16H16N2O2/c1-11-6-7-15(17-9-11)18-16(19)13-8-12-4-2-3-5-14(12)20-10-13/h2-7,9,13H,8,10H2,1H3,(H,17,18,19)/t13-/m1/s1. The Morgan fingerprint density at radius 3 is 2.95 bits per heavy atom. The fourth-order valence-electron chi connectivity index (χ4n) is 2.27. The van der Waals surface area contributed by atoms with Crippen molar-refractivity contribution >= 4 is 11.7 Å². The minimum Gasteiger partial charge on any atom is -0.492 e. The van der Waals surface area contributed by atoms with Crippen LogP contribution in [-0.4, -0.2) is 17.5 Å². The summed E-state index contributed by atoms with van der Waals surface area (Å²) in [6.45, 7) is 2.37. The van der Waals surface area contributed by atoms with Crippen molar-refractivity contribution in [1.29, 1.82) is 0 Å². The van der Waals surface area contributed by atoms with E-state index in [4.69, 9.17) is 4.74 Å². The van der Waals surface area contributed by atoms with Crippen LogP contribution in [0.2, 0.25) is 0 Å². The molecule has 1 aromatic carbocycles. The van der Waals surface area contributed by atoms with Crippen LogP contribution >= 0.6 is 0 Å². The second-order valence-corrected chi connectivity index (χ2v) is 5.03. The Bertz CT molecular complexity index is 623. The number of aryl methyl sites for hydroxylation is 1. The molecule has 4 nitrogen and oxygen atoms in total. The highest BCUT2D eigenvalue weighted by Gasteiger charge is 2.25. The molecule has 0 saturated heterocycles. The number of fused-ring (bicyclic) bond motifs is 1. The Labute approximate surface area is 117 Å². The summed E-state index contributed by atoms with van der Waals surface area (Å²) < 4.78 is 5.63. The molecule has 0 aliphatic carbocycles. The van der Waals surface area contributed by atoms with Crippen LogP contribution in [-0.2, 0) is 11.2 Å². The lowest BCUT2D eigenvalue weighted by Gasteiger charge is -2.24. The van der Waals surface area contributed by atoms with E-state index < -0.39 is 0 Å². The molecule has 1 aromatic heterocycles. The lowest BCUT2D eigenvalue weighted by molar-refractivity contribution is -0.121. The fourth-order valence-corrected chi connectivity index (χ4v) is 2.27. The summed E-state index contributed by atoms with van der Waals surface area (Å²) in [6.07, 6.45) is 2.44. The van der Waals surface area contributed by atoms with Crippen LogP contribution in [0.15, 0.2) is 42.6 Å². The number of rotatable bonds is 2. The van der Waals surface area contributed by atoms with Gasteiger partial charge in [-0.1, -0.05) is 24.3 Å². The molecule has 1 N–H and O–H groups in total. The zero-order chi connectivity index (χ0) is 13.9. The van der Waals surface area contributed by atoms with Gasteiger partial charge in [-0.05, 0) is 36.6 Å². The van der Waals surface area contributed by atoms with Gasteiger partial charge in [-0.15, -0.1) is 0 Å². The van der Waals surface area contributed by atoms with Crippen molar-refractivity contribution in [3.63, 3.8) is 0 Å². The lowest BCUT2D eigenvalue weighted by atomic mass is 9.96. The zero-order valence-corrected chi connectivity index (χ0v) is 11.3. The van der Waals surface area contributed by atoms with Gasteiger partial charge in [0.15, 0.2) is 0 Å². The molecule has 2 aromatic rings. The number of pyridine rings is 1. The van der Waals surface area contributed by atoms with Crippen LogP contribution in [0.4, 0.5) is 5.82 Å². The number of nitrogens with zero attached hydrogens (tertiary/aromatic N) is 1. The van der Waals surface area contributed by atoms with E-state index >= 15 is 0 Å². The topological polar surface area (TPSA) is 51.2 Å². The minimum atomic E-state index is -0.173. The molecule has 0 unspecified atom stereocenters. The molecule has 20 heavy (non-hydrogen) atoms. The lowest BCUT2D eigenvalue weighted by Crippen LogP contribution is -2.32. The van der Waals surface area contributed by atoms with E-state index in [0.29, 0.717) is 18.8 Å². The largest absolute Gasteiger partial charge is 0.492 e.